The predicted octanol–water partition coefficient (Wildman–Crippen LogP) is 0.566. The Morgan fingerprint density at radius 3 is 2.57 bits per heavy atom. The van der Waals surface area contributed by atoms with Crippen molar-refractivity contribution in [2.24, 2.45) is 5.73 Å². The van der Waals surface area contributed by atoms with Crippen molar-refractivity contribution in [3.63, 3.8) is 0 Å². The molecular formula is C10H13NO3. The first-order chi connectivity index (χ1) is 6.77. The molecule has 0 bridgehead atoms. The number of nitrogens with two attached hydrogens (primary N) is 1. The van der Waals surface area contributed by atoms with Crippen LogP contribution in [0.15, 0.2) is 30.3 Å². The smallest absolute Gasteiger partial charge is 0.348 e. The van der Waals surface area contributed by atoms with E-state index in [1.54, 1.807) is 12.1 Å². The molecule has 4 heteroatoms. The molecule has 76 valence electrons. The van der Waals surface area contributed by atoms with Gasteiger partial charge in [0.25, 0.3) is 0 Å². The molecule has 1 rings (SSSR count). The SMILES string of the molecule is COC(=O)[C@@H](CN)Oc1ccccc1. The highest BCUT2D eigenvalue weighted by atomic mass is 16.6. The topological polar surface area (TPSA) is 61.5 Å². The van der Waals surface area contributed by atoms with Crippen molar-refractivity contribution >= 4 is 5.97 Å². The Hall–Kier alpha value is -1.55. The number of carbonyl (C=O) groups is 1. The van der Waals surface area contributed by atoms with Crippen LogP contribution in [0.1, 0.15) is 0 Å². The van der Waals surface area contributed by atoms with Gasteiger partial charge in [0.2, 0.25) is 6.10 Å². The van der Waals surface area contributed by atoms with Gasteiger partial charge >= 0.3 is 5.97 Å². The maximum absolute atomic E-state index is 11.1. The number of methoxy groups -OCH3 is 1. The third-order valence-corrected chi connectivity index (χ3v) is 1.70. The highest BCUT2D eigenvalue weighted by Crippen LogP contribution is 2.10. The molecule has 4 nitrogen and oxygen atoms in total. The van der Waals surface area contributed by atoms with Gasteiger partial charge in [0.15, 0.2) is 0 Å². The van der Waals surface area contributed by atoms with Crippen LogP contribution < -0.4 is 10.5 Å². The predicted molar refractivity (Wildman–Crippen MR) is 51.9 cm³/mol. The van der Waals surface area contributed by atoms with Crippen molar-refractivity contribution in [2.75, 3.05) is 13.7 Å². The lowest BCUT2D eigenvalue weighted by Gasteiger charge is -2.14. The van der Waals surface area contributed by atoms with Gasteiger partial charge < -0.3 is 15.2 Å². The molecular weight excluding hydrogens is 182 g/mol. The van der Waals surface area contributed by atoms with Crippen LogP contribution in [0.2, 0.25) is 0 Å². The van der Waals surface area contributed by atoms with Gasteiger partial charge in [-0.15, -0.1) is 0 Å². The van der Waals surface area contributed by atoms with Crippen molar-refractivity contribution in [3.05, 3.63) is 30.3 Å². The van der Waals surface area contributed by atoms with E-state index in [0.717, 1.165) is 0 Å². The number of hydrogen-bond acceptors (Lipinski definition) is 4. The van der Waals surface area contributed by atoms with E-state index >= 15 is 0 Å². The number of carbonyl (C=O) groups excluding carboxylic acids is 1. The van der Waals surface area contributed by atoms with Crippen LogP contribution in [-0.2, 0) is 9.53 Å². The number of para-hydroxylation sites is 1. The van der Waals surface area contributed by atoms with Gasteiger partial charge in [-0.3, -0.25) is 0 Å². The van der Waals surface area contributed by atoms with Gasteiger partial charge in [0.1, 0.15) is 5.75 Å². The second kappa shape index (κ2) is 5.24. The molecule has 1 aromatic carbocycles. The standard InChI is InChI=1S/C10H13NO3/c1-13-10(12)9(7-11)14-8-5-3-2-4-6-8/h2-6,9H,7,11H2,1H3/t9-/m1/s1. The number of rotatable bonds is 4. The van der Waals surface area contributed by atoms with E-state index < -0.39 is 12.1 Å². The van der Waals surface area contributed by atoms with Crippen LogP contribution in [0.3, 0.4) is 0 Å². The Bertz CT molecular complexity index is 287. The summed E-state index contributed by atoms with van der Waals surface area (Å²) in [5.74, 6) is 0.143. The molecule has 0 aromatic heterocycles. The van der Waals surface area contributed by atoms with Gasteiger partial charge in [-0.05, 0) is 12.1 Å². The van der Waals surface area contributed by atoms with Gasteiger partial charge in [0.05, 0.1) is 7.11 Å². The molecule has 0 radical (unpaired) electrons. The Kier molecular flexibility index (Phi) is 3.94. The van der Waals surface area contributed by atoms with Crippen molar-refractivity contribution in [1.29, 1.82) is 0 Å². The van der Waals surface area contributed by atoms with Crippen LogP contribution in [0.4, 0.5) is 0 Å². The minimum atomic E-state index is -0.734. The molecule has 0 spiro atoms. The van der Waals surface area contributed by atoms with E-state index in [9.17, 15) is 4.79 Å². The molecule has 0 saturated heterocycles. The molecule has 0 saturated carbocycles. The largest absolute Gasteiger partial charge is 0.477 e. The van der Waals surface area contributed by atoms with Crippen LogP contribution >= 0.6 is 0 Å². The fraction of sp³-hybridized carbons (Fsp3) is 0.300. The quantitative estimate of drug-likeness (QED) is 0.713. The third kappa shape index (κ3) is 2.74. The van der Waals surface area contributed by atoms with Gasteiger partial charge in [0, 0.05) is 6.54 Å². The summed E-state index contributed by atoms with van der Waals surface area (Å²) < 4.78 is 9.85. The average molecular weight is 195 g/mol. The number of ether oxygens (including phenoxy) is 2. The summed E-state index contributed by atoms with van der Waals surface area (Å²) >= 11 is 0. The maximum Gasteiger partial charge on any atom is 0.348 e. The third-order valence-electron chi connectivity index (χ3n) is 1.70. The van der Waals surface area contributed by atoms with E-state index in [2.05, 4.69) is 4.74 Å². The second-order valence-electron chi connectivity index (χ2n) is 2.68. The lowest BCUT2D eigenvalue weighted by molar-refractivity contribution is -0.148. The zero-order valence-corrected chi connectivity index (χ0v) is 7.97. The van der Waals surface area contributed by atoms with Crippen LogP contribution in [0.25, 0.3) is 0 Å². The van der Waals surface area contributed by atoms with E-state index in [0.29, 0.717) is 5.75 Å². The summed E-state index contributed by atoms with van der Waals surface area (Å²) in [6.45, 7) is 0.0988. The van der Waals surface area contributed by atoms with E-state index in [1.165, 1.54) is 7.11 Å². The van der Waals surface area contributed by atoms with Crippen molar-refractivity contribution in [3.8, 4) is 5.75 Å². The highest BCUT2D eigenvalue weighted by molar-refractivity contribution is 5.75. The fourth-order valence-corrected chi connectivity index (χ4v) is 0.987. The first-order valence-corrected chi connectivity index (χ1v) is 4.27. The van der Waals surface area contributed by atoms with Crippen LogP contribution in [-0.4, -0.2) is 25.7 Å². The van der Waals surface area contributed by atoms with Gasteiger partial charge in [-0.25, -0.2) is 4.79 Å². The Balaban J connectivity index is 2.62. The zero-order valence-electron chi connectivity index (χ0n) is 7.97. The molecule has 0 heterocycles. The molecule has 1 atom stereocenters. The van der Waals surface area contributed by atoms with Crippen LogP contribution in [0.5, 0.6) is 5.75 Å². The highest BCUT2D eigenvalue weighted by Gasteiger charge is 2.18. The first-order valence-electron chi connectivity index (χ1n) is 4.27. The van der Waals surface area contributed by atoms with Gasteiger partial charge in [-0.1, -0.05) is 18.2 Å². The number of esters is 1. The maximum atomic E-state index is 11.1. The van der Waals surface area contributed by atoms with Crippen molar-refractivity contribution < 1.29 is 14.3 Å². The molecule has 0 aliphatic carbocycles. The summed E-state index contributed by atoms with van der Waals surface area (Å²) in [5.41, 5.74) is 5.37. The minimum absolute atomic E-state index is 0.0988. The normalized spacial score (nSPS) is 11.9. The molecule has 0 fully saturated rings. The molecule has 0 aliphatic heterocycles. The Labute approximate surface area is 82.6 Å². The molecule has 14 heavy (non-hydrogen) atoms. The average Bonchev–Trinajstić information content (AvgIpc) is 2.26. The Morgan fingerprint density at radius 1 is 1.43 bits per heavy atom. The summed E-state index contributed by atoms with van der Waals surface area (Å²) in [6.07, 6.45) is -0.734. The van der Waals surface area contributed by atoms with Crippen molar-refractivity contribution in [2.45, 2.75) is 6.10 Å². The number of hydrogen-bond donors (Lipinski definition) is 1. The fourth-order valence-electron chi connectivity index (χ4n) is 0.987. The summed E-state index contributed by atoms with van der Waals surface area (Å²) in [4.78, 5) is 11.1. The molecule has 0 unspecified atom stereocenters. The van der Waals surface area contributed by atoms with E-state index in [1.807, 2.05) is 18.2 Å². The molecule has 0 aliphatic rings. The molecule has 2 N–H and O–H groups in total. The van der Waals surface area contributed by atoms with Gasteiger partial charge in [-0.2, -0.15) is 0 Å². The lowest BCUT2D eigenvalue weighted by atomic mass is 10.3. The number of benzene rings is 1. The summed E-state index contributed by atoms with van der Waals surface area (Å²) in [7, 11) is 1.30. The first kappa shape index (κ1) is 10.5. The second-order valence-corrected chi connectivity index (χ2v) is 2.68. The van der Waals surface area contributed by atoms with E-state index in [-0.39, 0.29) is 6.54 Å². The Morgan fingerprint density at radius 2 is 2.07 bits per heavy atom. The lowest BCUT2D eigenvalue weighted by Crippen LogP contribution is -2.35. The summed E-state index contributed by atoms with van der Waals surface area (Å²) in [5, 5.41) is 0. The summed E-state index contributed by atoms with van der Waals surface area (Å²) in [6, 6.07) is 9.01. The van der Waals surface area contributed by atoms with Crippen LogP contribution in [0, 0.1) is 0 Å². The van der Waals surface area contributed by atoms with Crippen molar-refractivity contribution in [1.82, 2.24) is 0 Å². The minimum Gasteiger partial charge on any atom is -0.477 e. The zero-order chi connectivity index (χ0) is 10.4. The van der Waals surface area contributed by atoms with E-state index in [4.69, 9.17) is 10.5 Å². The molecule has 0 amide bonds. The molecule has 1 aromatic rings. The monoisotopic (exact) mass is 195 g/mol.